The number of hydrogen-bond acceptors (Lipinski definition) is 5. The Labute approximate surface area is 167 Å². The van der Waals surface area contributed by atoms with E-state index in [1.807, 2.05) is 51.2 Å². The van der Waals surface area contributed by atoms with Gasteiger partial charge in [0.2, 0.25) is 10.0 Å². The molecule has 152 valence electrons. The van der Waals surface area contributed by atoms with E-state index < -0.39 is 10.0 Å². The van der Waals surface area contributed by atoms with E-state index in [1.54, 1.807) is 22.5 Å². The van der Waals surface area contributed by atoms with Crippen molar-refractivity contribution in [1.29, 1.82) is 0 Å². The highest BCUT2D eigenvalue weighted by Gasteiger charge is 2.36. The Morgan fingerprint density at radius 3 is 2.32 bits per heavy atom. The number of benzene rings is 2. The molecule has 0 spiro atoms. The Hall–Kier alpha value is -2.09. The van der Waals surface area contributed by atoms with Gasteiger partial charge in [-0.15, -0.1) is 0 Å². The maximum atomic E-state index is 13.5. The lowest BCUT2D eigenvalue weighted by Crippen LogP contribution is -2.49. The van der Waals surface area contributed by atoms with Crippen molar-refractivity contribution >= 4 is 10.0 Å². The molecule has 0 radical (unpaired) electrons. The quantitative estimate of drug-likeness (QED) is 0.709. The SMILES string of the molecule is CCOc1ccc(S(=O)(=O)N2CCN(C)C[C@@H]2c2ccccc2)cc1OCC. The minimum atomic E-state index is -3.68. The molecule has 0 bridgehead atoms. The summed E-state index contributed by atoms with van der Waals surface area (Å²) in [5.74, 6) is 1.01. The second-order valence-electron chi connectivity index (χ2n) is 6.78. The molecule has 7 heteroatoms. The van der Waals surface area contributed by atoms with E-state index in [1.165, 1.54) is 0 Å². The molecule has 28 heavy (non-hydrogen) atoms. The monoisotopic (exact) mass is 404 g/mol. The maximum absolute atomic E-state index is 13.5. The van der Waals surface area contributed by atoms with Crippen LogP contribution in [0.1, 0.15) is 25.5 Å². The van der Waals surface area contributed by atoms with E-state index in [4.69, 9.17) is 9.47 Å². The summed E-state index contributed by atoms with van der Waals surface area (Å²) >= 11 is 0. The van der Waals surface area contributed by atoms with Gasteiger partial charge in [-0.25, -0.2) is 8.42 Å². The lowest BCUT2D eigenvalue weighted by Gasteiger charge is -2.39. The first-order chi connectivity index (χ1) is 13.5. The lowest BCUT2D eigenvalue weighted by molar-refractivity contribution is 0.160. The van der Waals surface area contributed by atoms with Gasteiger partial charge < -0.3 is 14.4 Å². The molecule has 0 saturated carbocycles. The first kappa shape index (κ1) is 20.6. The maximum Gasteiger partial charge on any atom is 0.243 e. The zero-order chi connectivity index (χ0) is 20.1. The normalized spacial score (nSPS) is 18.8. The third-order valence-electron chi connectivity index (χ3n) is 4.84. The Morgan fingerprint density at radius 1 is 0.964 bits per heavy atom. The number of sulfonamides is 1. The highest BCUT2D eigenvalue weighted by atomic mass is 32.2. The Bertz CT molecular complexity index is 887. The van der Waals surface area contributed by atoms with Crippen molar-refractivity contribution in [2.75, 3.05) is 39.9 Å². The molecule has 0 unspecified atom stereocenters. The molecule has 0 amide bonds. The Balaban J connectivity index is 1.99. The molecule has 0 N–H and O–H groups in total. The standard InChI is InChI=1S/C21H28N2O4S/c1-4-26-20-12-11-18(15-21(20)27-5-2)28(24,25)23-14-13-22(3)16-19(23)17-9-7-6-8-10-17/h6-12,15,19H,4-5,13-14,16H2,1-3H3/t19-/m1/s1. The van der Waals surface area contributed by atoms with Crippen LogP contribution in [0.25, 0.3) is 0 Å². The summed E-state index contributed by atoms with van der Waals surface area (Å²) in [6.45, 7) is 6.45. The number of nitrogens with zero attached hydrogens (tertiary/aromatic N) is 2. The highest BCUT2D eigenvalue weighted by Crippen LogP contribution is 2.35. The average molecular weight is 405 g/mol. The van der Waals surface area contributed by atoms with Crippen molar-refractivity contribution < 1.29 is 17.9 Å². The van der Waals surface area contributed by atoms with Crippen molar-refractivity contribution in [2.45, 2.75) is 24.8 Å². The second-order valence-corrected chi connectivity index (χ2v) is 8.67. The Kier molecular flexibility index (Phi) is 6.59. The fourth-order valence-corrected chi connectivity index (χ4v) is 5.08. The number of ether oxygens (including phenoxy) is 2. The van der Waals surface area contributed by atoms with Gasteiger partial charge in [0.25, 0.3) is 0 Å². The third kappa shape index (κ3) is 4.32. The molecule has 3 rings (SSSR count). The van der Waals surface area contributed by atoms with Crippen molar-refractivity contribution in [1.82, 2.24) is 9.21 Å². The van der Waals surface area contributed by atoms with Crippen molar-refractivity contribution in [3.63, 3.8) is 0 Å². The topological polar surface area (TPSA) is 59.1 Å². The fourth-order valence-electron chi connectivity index (χ4n) is 3.46. The molecule has 0 aromatic heterocycles. The van der Waals surface area contributed by atoms with Gasteiger partial charge in [0, 0.05) is 25.7 Å². The summed E-state index contributed by atoms with van der Waals surface area (Å²) in [4.78, 5) is 2.39. The summed E-state index contributed by atoms with van der Waals surface area (Å²) in [6, 6.07) is 14.4. The van der Waals surface area contributed by atoms with Crippen LogP contribution in [0, 0.1) is 0 Å². The van der Waals surface area contributed by atoms with Gasteiger partial charge in [-0.2, -0.15) is 4.31 Å². The van der Waals surface area contributed by atoms with Crippen LogP contribution in [0.15, 0.2) is 53.4 Å². The van der Waals surface area contributed by atoms with E-state index in [0.29, 0.717) is 44.3 Å². The molecule has 1 atom stereocenters. The molecular weight excluding hydrogens is 376 g/mol. The molecule has 0 aliphatic carbocycles. The summed E-state index contributed by atoms with van der Waals surface area (Å²) in [6.07, 6.45) is 0. The molecule has 1 saturated heterocycles. The van der Waals surface area contributed by atoms with Crippen LogP contribution in [0.3, 0.4) is 0 Å². The second kappa shape index (κ2) is 8.94. The summed E-state index contributed by atoms with van der Waals surface area (Å²) in [7, 11) is -1.67. The van der Waals surface area contributed by atoms with Crippen LogP contribution in [0.5, 0.6) is 11.5 Å². The van der Waals surface area contributed by atoms with Crippen LogP contribution in [0.4, 0.5) is 0 Å². The average Bonchev–Trinajstić information content (AvgIpc) is 2.70. The van der Waals surface area contributed by atoms with Crippen LogP contribution in [0.2, 0.25) is 0 Å². The molecule has 2 aromatic rings. The summed E-state index contributed by atoms with van der Waals surface area (Å²) in [5.41, 5.74) is 0.994. The van der Waals surface area contributed by atoms with Gasteiger partial charge >= 0.3 is 0 Å². The molecule has 6 nitrogen and oxygen atoms in total. The molecule has 1 aliphatic heterocycles. The molecule has 1 aliphatic rings. The molecule has 2 aromatic carbocycles. The van der Waals surface area contributed by atoms with Crippen LogP contribution in [-0.2, 0) is 10.0 Å². The van der Waals surface area contributed by atoms with Gasteiger partial charge in [-0.3, -0.25) is 0 Å². The first-order valence-electron chi connectivity index (χ1n) is 9.62. The van der Waals surface area contributed by atoms with Crippen molar-refractivity contribution in [3.05, 3.63) is 54.1 Å². The van der Waals surface area contributed by atoms with E-state index in [2.05, 4.69) is 4.90 Å². The van der Waals surface area contributed by atoms with Gasteiger partial charge in [-0.1, -0.05) is 30.3 Å². The van der Waals surface area contributed by atoms with Crippen LogP contribution < -0.4 is 9.47 Å². The number of hydrogen-bond donors (Lipinski definition) is 0. The van der Waals surface area contributed by atoms with E-state index in [0.717, 1.165) is 5.56 Å². The zero-order valence-electron chi connectivity index (χ0n) is 16.7. The van der Waals surface area contributed by atoms with Gasteiger partial charge in [0.15, 0.2) is 11.5 Å². The lowest BCUT2D eigenvalue weighted by atomic mass is 10.1. The van der Waals surface area contributed by atoms with Gasteiger partial charge in [0.1, 0.15) is 0 Å². The van der Waals surface area contributed by atoms with Crippen molar-refractivity contribution in [2.24, 2.45) is 0 Å². The zero-order valence-corrected chi connectivity index (χ0v) is 17.5. The third-order valence-corrected chi connectivity index (χ3v) is 6.74. The largest absolute Gasteiger partial charge is 0.490 e. The van der Waals surface area contributed by atoms with Crippen molar-refractivity contribution in [3.8, 4) is 11.5 Å². The highest BCUT2D eigenvalue weighted by molar-refractivity contribution is 7.89. The molecule has 1 fully saturated rings. The minimum Gasteiger partial charge on any atom is -0.490 e. The van der Waals surface area contributed by atoms with E-state index in [-0.39, 0.29) is 10.9 Å². The number of rotatable bonds is 7. The number of likely N-dealkylation sites (N-methyl/N-ethyl adjacent to an activating group) is 1. The molecular formula is C21H28N2O4S. The van der Waals surface area contributed by atoms with E-state index in [9.17, 15) is 8.42 Å². The molecule has 1 heterocycles. The summed E-state index contributed by atoms with van der Waals surface area (Å²) < 4.78 is 39.8. The predicted molar refractivity (Wildman–Crippen MR) is 109 cm³/mol. The predicted octanol–water partition coefficient (Wildman–Crippen LogP) is 3.16. The van der Waals surface area contributed by atoms with Gasteiger partial charge in [-0.05, 0) is 38.6 Å². The van der Waals surface area contributed by atoms with Crippen LogP contribution >= 0.6 is 0 Å². The Morgan fingerprint density at radius 2 is 1.64 bits per heavy atom. The summed E-state index contributed by atoms with van der Waals surface area (Å²) in [5, 5.41) is 0. The van der Waals surface area contributed by atoms with E-state index >= 15 is 0 Å². The van der Waals surface area contributed by atoms with Gasteiger partial charge in [0.05, 0.1) is 24.2 Å². The fraction of sp³-hybridized carbons (Fsp3) is 0.429. The smallest absolute Gasteiger partial charge is 0.243 e. The number of piperazine rings is 1. The first-order valence-corrected chi connectivity index (χ1v) is 11.1. The minimum absolute atomic E-state index is 0.227. The van der Waals surface area contributed by atoms with Crippen LogP contribution in [-0.4, -0.2) is 57.5 Å².